The van der Waals surface area contributed by atoms with Crippen molar-refractivity contribution in [2.45, 2.75) is 55.6 Å². The number of carbonyl (C=O) groups is 4. The maximum Gasteiger partial charge on any atom is 0.352 e. The molecule has 0 spiro atoms. The van der Waals surface area contributed by atoms with Gasteiger partial charge in [0.15, 0.2) is 5.82 Å². The van der Waals surface area contributed by atoms with Crippen LogP contribution < -0.4 is 15.6 Å². The standard InChI is InChI=1S/C36H35F2N5O7S/c37-24-12-22-30(42(21-8-9-21)15-23(32(22)45)35(47)48)27(38)31(24)41-13-19-7-4-10-40(25(19)16-41)14-20-17-51-34-28(33(46)43(34)29(20)36(49)50)39-26(44)11-18-5-2-1-3-6-18/h1-3,5-6,12,15,19,21,25,28,34H,4,7-11,13-14,16-17H2,(H,39,44)(H,47,48)(H,49,50)/t19-,25+,28+,34+/m0/s1. The highest BCUT2D eigenvalue weighted by atomic mass is 32.2. The Hall–Kier alpha value is -4.76. The van der Waals surface area contributed by atoms with Gasteiger partial charge in [-0.1, -0.05) is 30.3 Å². The van der Waals surface area contributed by atoms with E-state index in [0.717, 1.165) is 30.7 Å². The minimum atomic E-state index is -1.46. The van der Waals surface area contributed by atoms with Gasteiger partial charge in [0.1, 0.15) is 34.2 Å². The lowest BCUT2D eigenvalue weighted by molar-refractivity contribution is -0.150. The second-order valence-electron chi connectivity index (χ2n) is 14.0. The number of amides is 2. The Bertz CT molecular complexity index is 2090. The molecule has 0 unspecified atom stereocenters. The van der Waals surface area contributed by atoms with Crippen LogP contribution in [0.4, 0.5) is 14.5 Å². The summed E-state index contributed by atoms with van der Waals surface area (Å²) in [5.74, 6) is -4.96. The van der Waals surface area contributed by atoms with E-state index in [0.29, 0.717) is 37.3 Å². The third kappa shape index (κ3) is 5.75. The van der Waals surface area contributed by atoms with E-state index < -0.39 is 51.9 Å². The first kappa shape index (κ1) is 33.4. The van der Waals surface area contributed by atoms with Crippen molar-refractivity contribution in [2.75, 3.05) is 36.8 Å². The largest absolute Gasteiger partial charge is 0.477 e. The number of anilines is 1. The molecular weight excluding hydrogens is 684 g/mol. The van der Waals surface area contributed by atoms with Crippen LogP contribution in [0.2, 0.25) is 0 Å². The van der Waals surface area contributed by atoms with Crippen LogP contribution >= 0.6 is 11.8 Å². The third-order valence-electron chi connectivity index (χ3n) is 10.7. The fourth-order valence-electron chi connectivity index (χ4n) is 8.22. The van der Waals surface area contributed by atoms with Crippen LogP contribution in [0.3, 0.4) is 0 Å². The average molecular weight is 720 g/mol. The molecule has 1 aliphatic carbocycles. The molecule has 3 aromatic rings. The molecule has 4 fully saturated rings. The van der Waals surface area contributed by atoms with Crippen LogP contribution in [0.5, 0.6) is 0 Å². The maximum absolute atomic E-state index is 16.4. The number of carboxylic acids is 2. The van der Waals surface area contributed by atoms with Crippen molar-refractivity contribution in [1.82, 2.24) is 19.7 Å². The molecule has 4 atom stereocenters. The number of aromatic nitrogens is 1. The molecule has 4 aliphatic heterocycles. The average Bonchev–Trinajstić information content (AvgIpc) is 3.86. The number of carboxylic acid groups (broad SMARTS) is 2. The van der Waals surface area contributed by atoms with Crippen molar-refractivity contribution in [3.8, 4) is 0 Å². The molecule has 3 saturated heterocycles. The van der Waals surface area contributed by atoms with E-state index in [9.17, 15) is 34.2 Å². The number of β-lactam (4-membered cyclic amide) rings is 1. The summed E-state index contributed by atoms with van der Waals surface area (Å²) in [7, 11) is 0. The monoisotopic (exact) mass is 719 g/mol. The molecule has 2 aromatic carbocycles. The molecule has 1 aromatic heterocycles. The van der Waals surface area contributed by atoms with Gasteiger partial charge in [-0.3, -0.25) is 24.2 Å². The smallest absolute Gasteiger partial charge is 0.352 e. The number of benzene rings is 2. The zero-order valence-corrected chi connectivity index (χ0v) is 28.2. The SMILES string of the molecule is O=C(Cc1ccccc1)N[C@@H]1C(=O)N2C(C(=O)O)=C(CN3CCC[C@H]4CN(c5c(F)cc6c(=O)c(C(=O)O)cn(C7CC7)c6c5F)C[C@H]43)CS[C@H]12. The van der Waals surface area contributed by atoms with Crippen molar-refractivity contribution in [3.63, 3.8) is 0 Å². The Morgan fingerprint density at radius 3 is 2.47 bits per heavy atom. The summed E-state index contributed by atoms with van der Waals surface area (Å²) < 4.78 is 33.7. The van der Waals surface area contributed by atoms with E-state index in [1.54, 1.807) is 4.90 Å². The highest BCUT2D eigenvalue weighted by Crippen LogP contribution is 2.44. The van der Waals surface area contributed by atoms with Gasteiger partial charge >= 0.3 is 11.9 Å². The molecule has 0 radical (unpaired) electrons. The van der Waals surface area contributed by atoms with Gasteiger partial charge in [-0.2, -0.15) is 0 Å². The molecule has 0 bridgehead atoms. The minimum Gasteiger partial charge on any atom is -0.477 e. The van der Waals surface area contributed by atoms with E-state index in [1.165, 1.54) is 21.2 Å². The first-order valence-corrected chi connectivity index (χ1v) is 18.1. The third-order valence-corrected chi connectivity index (χ3v) is 12.1. The van der Waals surface area contributed by atoms with Gasteiger partial charge in [-0.15, -0.1) is 11.8 Å². The summed E-state index contributed by atoms with van der Waals surface area (Å²) in [6, 6.07) is 8.90. The molecule has 51 heavy (non-hydrogen) atoms. The molecule has 2 amide bonds. The van der Waals surface area contributed by atoms with Gasteiger partial charge in [0, 0.05) is 43.7 Å². The summed E-state index contributed by atoms with van der Waals surface area (Å²) in [6.45, 7) is 1.49. The van der Waals surface area contributed by atoms with Gasteiger partial charge in [0.2, 0.25) is 11.3 Å². The molecule has 1 saturated carbocycles. The van der Waals surface area contributed by atoms with Crippen molar-refractivity contribution < 1.29 is 38.2 Å². The number of hydrogen-bond donors (Lipinski definition) is 3. The summed E-state index contributed by atoms with van der Waals surface area (Å²) in [6.07, 6.45) is 4.23. The highest BCUT2D eigenvalue weighted by molar-refractivity contribution is 8.00. The van der Waals surface area contributed by atoms with Crippen molar-refractivity contribution in [1.29, 1.82) is 0 Å². The zero-order chi connectivity index (χ0) is 35.7. The fourth-order valence-corrected chi connectivity index (χ4v) is 9.56. The maximum atomic E-state index is 16.4. The molecule has 15 heteroatoms. The normalized spacial score (nSPS) is 24.7. The molecule has 12 nitrogen and oxygen atoms in total. The van der Waals surface area contributed by atoms with Crippen molar-refractivity contribution in [3.05, 3.63) is 86.8 Å². The number of aromatic carboxylic acids is 1. The lowest BCUT2D eigenvalue weighted by Gasteiger charge is -2.50. The number of thioether (sulfide) groups is 1. The second kappa shape index (κ2) is 12.8. The van der Waals surface area contributed by atoms with Crippen LogP contribution in [0.1, 0.15) is 47.6 Å². The van der Waals surface area contributed by atoms with Gasteiger partial charge in [0.25, 0.3) is 5.91 Å². The number of nitrogens with zero attached hydrogens (tertiary/aromatic N) is 4. The summed E-state index contributed by atoms with van der Waals surface area (Å²) in [5, 5.41) is 21.8. The summed E-state index contributed by atoms with van der Waals surface area (Å²) in [5.41, 5.74) is -0.551. The number of carbonyl (C=O) groups excluding carboxylic acids is 2. The second-order valence-corrected chi connectivity index (χ2v) is 15.1. The van der Waals surface area contributed by atoms with Gasteiger partial charge in [0.05, 0.1) is 17.3 Å². The summed E-state index contributed by atoms with van der Waals surface area (Å²) >= 11 is 1.40. The van der Waals surface area contributed by atoms with E-state index in [2.05, 4.69) is 10.2 Å². The molecule has 3 N–H and O–H groups in total. The Labute approximate surface area is 294 Å². The van der Waals surface area contributed by atoms with E-state index in [-0.39, 0.29) is 65.7 Å². The predicted molar refractivity (Wildman–Crippen MR) is 183 cm³/mol. The number of pyridine rings is 1. The first-order valence-electron chi connectivity index (χ1n) is 17.0. The molecule has 5 heterocycles. The Morgan fingerprint density at radius 2 is 1.76 bits per heavy atom. The quantitative estimate of drug-likeness (QED) is 0.281. The number of rotatable bonds is 9. The first-order chi connectivity index (χ1) is 24.5. The molecule has 5 aliphatic rings. The Balaban J connectivity index is 1.03. The topological polar surface area (TPSA) is 152 Å². The lowest BCUT2D eigenvalue weighted by Crippen LogP contribution is -2.70. The Kier molecular flexibility index (Phi) is 8.37. The van der Waals surface area contributed by atoms with Crippen LogP contribution in [-0.4, -0.2) is 97.7 Å². The lowest BCUT2D eigenvalue weighted by atomic mass is 9.91. The minimum absolute atomic E-state index is 0.0287. The van der Waals surface area contributed by atoms with Crippen LogP contribution in [-0.2, 0) is 20.8 Å². The number of nitrogens with one attached hydrogen (secondary N) is 1. The number of hydrogen-bond acceptors (Lipinski definition) is 8. The van der Waals surface area contributed by atoms with Crippen LogP contribution in [0.25, 0.3) is 10.9 Å². The molecule has 266 valence electrons. The van der Waals surface area contributed by atoms with Gasteiger partial charge in [-0.25, -0.2) is 18.4 Å². The van der Waals surface area contributed by atoms with E-state index in [4.69, 9.17) is 0 Å². The fraction of sp³-hybridized carbons (Fsp3) is 0.417. The van der Waals surface area contributed by atoms with Gasteiger partial charge in [-0.05, 0) is 55.3 Å². The van der Waals surface area contributed by atoms with Gasteiger partial charge < -0.3 is 25.0 Å². The van der Waals surface area contributed by atoms with Crippen LogP contribution in [0, 0.1) is 17.6 Å². The molecule has 8 rings (SSSR count). The number of aliphatic carboxylic acids is 1. The Morgan fingerprint density at radius 1 is 1.00 bits per heavy atom. The highest BCUT2D eigenvalue weighted by Gasteiger charge is 2.54. The van der Waals surface area contributed by atoms with E-state index in [1.807, 2.05) is 30.3 Å². The number of piperidine rings is 1. The van der Waals surface area contributed by atoms with E-state index >= 15 is 8.78 Å². The number of fused-ring (bicyclic) bond motifs is 3. The van der Waals surface area contributed by atoms with Crippen molar-refractivity contribution >= 4 is 52.1 Å². The molecular formula is C36H35F2N5O7S. The number of halogens is 2. The predicted octanol–water partition coefficient (Wildman–Crippen LogP) is 3.19. The number of likely N-dealkylation sites (tertiary alicyclic amines) is 1. The van der Waals surface area contributed by atoms with Crippen molar-refractivity contribution in [2.24, 2.45) is 5.92 Å². The zero-order valence-electron chi connectivity index (χ0n) is 27.4. The summed E-state index contributed by atoms with van der Waals surface area (Å²) in [4.78, 5) is 68.4. The van der Waals surface area contributed by atoms with Crippen LogP contribution in [0.15, 0.2) is 58.7 Å².